The lowest BCUT2D eigenvalue weighted by atomic mass is 10.1. The zero-order valence-corrected chi connectivity index (χ0v) is 12.5. The highest BCUT2D eigenvalue weighted by Crippen LogP contribution is 2.16. The maximum atomic E-state index is 13.0. The Kier molecular flexibility index (Phi) is 5.73. The molecule has 24 heavy (non-hydrogen) atoms. The van der Waals surface area contributed by atoms with Crippen LogP contribution in [-0.2, 0) is 17.8 Å². The molecule has 0 aliphatic rings. The Hall–Kier alpha value is -2.64. The van der Waals surface area contributed by atoms with E-state index in [1.165, 1.54) is 30.5 Å². The molecule has 0 spiro atoms. The number of amides is 1. The van der Waals surface area contributed by atoms with Crippen LogP contribution in [0.1, 0.15) is 11.1 Å². The molecule has 1 aromatic carbocycles. The van der Waals surface area contributed by atoms with E-state index < -0.39 is 18.5 Å². The smallest absolute Gasteiger partial charge is 0.361 e. The number of halogens is 4. The second-order valence-electron chi connectivity index (χ2n) is 5.10. The molecule has 0 bridgehead atoms. The molecule has 4 nitrogen and oxygen atoms in total. The standard InChI is InChI=1S/C16H15F4N3O/c17-13-3-1-2-11(6-13)8-15(24)22-9-12-4-5-21-14(7-12)23-10-16(18,19)20/h1-7H,8-10H2,(H,21,23)(H,22,24). The van der Waals surface area contributed by atoms with E-state index in [4.69, 9.17) is 0 Å². The molecule has 1 amide bonds. The molecule has 0 saturated carbocycles. The lowest BCUT2D eigenvalue weighted by molar-refractivity contribution is -0.120. The van der Waals surface area contributed by atoms with Gasteiger partial charge in [0.05, 0.1) is 6.42 Å². The Morgan fingerprint density at radius 2 is 1.92 bits per heavy atom. The van der Waals surface area contributed by atoms with Crippen molar-refractivity contribution in [2.45, 2.75) is 19.1 Å². The highest BCUT2D eigenvalue weighted by molar-refractivity contribution is 5.78. The van der Waals surface area contributed by atoms with E-state index in [9.17, 15) is 22.4 Å². The van der Waals surface area contributed by atoms with Gasteiger partial charge in [-0.25, -0.2) is 9.37 Å². The minimum absolute atomic E-state index is 0.0159. The van der Waals surface area contributed by atoms with E-state index in [0.717, 1.165) is 0 Å². The van der Waals surface area contributed by atoms with E-state index in [0.29, 0.717) is 11.1 Å². The molecule has 1 heterocycles. The van der Waals surface area contributed by atoms with Crippen molar-refractivity contribution < 1.29 is 22.4 Å². The van der Waals surface area contributed by atoms with E-state index in [2.05, 4.69) is 15.6 Å². The van der Waals surface area contributed by atoms with E-state index in [-0.39, 0.29) is 24.7 Å². The highest BCUT2D eigenvalue weighted by Gasteiger charge is 2.26. The Bertz CT molecular complexity index is 704. The molecule has 0 atom stereocenters. The maximum absolute atomic E-state index is 13.0. The molecule has 8 heteroatoms. The third-order valence-corrected chi connectivity index (χ3v) is 3.04. The average molecular weight is 341 g/mol. The number of benzene rings is 1. The van der Waals surface area contributed by atoms with Gasteiger partial charge >= 0.3 is 6.18 Å². The number of aromatic nitrogens is 1. The van der Waals surface area contributed by atoms with Gasteiger partial charge in [0.2, 0.25) is 5.91 Å². The summed E-state index contributed by atoms with van der Waals surface area (Å²) in [7, 11) is 0. The summed E-state index contributed by atoms with van der Waals surface area (Å²) in [6, 6.07) is 8.71. The molecule has 2 rings (SSSR count). The van der Waals surface area contributed by atoms with Gasteiger partial charge in [-0.1, -0.05) is 12.1 Å². The van der Waals surface area contributed by atoms with Gasteiger partial charge in [0.25, 0.3) is 0 Å². The molecule has 0 radical (unpaired) electrons. The quantitative estimate of drug-likeness (QED) is 0.794. The number of rotatable bonds is 6. The zero-order chi connectivity index (χ0) is 17.6. The second-order valence-corrected chi connectivity index (χ2v) is 5.10. The van der Waals surface area contributed by atoms with Crippen molar-refractivity contribution in [1.82, 2.24) is 10.3 Å². The van der Waals surface area contributed by atoms with E-state index in [1.807, 2.05) is 0 Å². The second kappa shape index (κ2) is 7.76. The Morgan fingerprint density at radius 1 is 1.12 bits per heavy atom. The zero-order valence-electron chi connectivity index (χ0n) is 12.5. The van der Waals surface area contributed by atoms with Crippen LogP contribution in [-0.4, -0.2) is 23.6 Å². The van der Waals surface area contributed by atoms with Crippen LogP contribution in [0.15, 0.2) is 42.6 Å². The monoisotopic (exact) mass is 341 g/mol. The van der Waals surface area contributed by atoms with Crippen molar-refractivity contribution in [1.29, 1.82) is 0 Å². The van der Waals surface area contributed by atoms with Crippen LogP contribution in [0.4, 0.5) is 23.4 Å². The fourth-order valence-corrected chi connectivity index (χ4v) is 1.97. The highest BCUT2D eigenvalue weighted by atomic mass is 19.4. The van der Waals surface area contributed by atoms with Gasteiger partial charge in [0.1, 0.15) is 18.2 Å². The number of pyridine rings is 1. The topological polar surface area (TPSA) is 54.0 Å². The predicted octanol–water partition coefficient (Wildman–Crippen LogP) is 3.05. The van der Waals surface area contributed by atoms with Gasteiger partial charge in [-0.15, -0.1) is 0 Å². The summed E-state index contributed by atoms with van der Waals surface area (Å²) in [5.74, 6) is -0.666. The molecular formula is C16H15F4N3O. The number of hydrogen-bond acceptors (Lipinski definition) is 3. The number of anilines is 1. The summed E-state index contributed by atoms with van der Waals surface area (Å²) < 4.78 is 49.5. The van der Waals surface area contributed by atoms with E-state index >= 15 is 0 Å². The first-order chi connectivity index (χ1) is 11.3. The first kappa shape index (κ1) is 17.7. The number of nitrogens with zero attached hydrogens (tertiary/aromatic N) is 1. The fourth-order valence-electron chi connectivity index (χ4n) is 1.97. The van der Waals surface area contributed by atoms with Gasteiger partial charge in [-0.2, -0.15) is 13.2 Å². The molecule has 128 valence electrons. The van der Waals surface area contributed by atoms with Gasteiger partial charge in [-0.3, -0.25) is 4.79 Å². The van der Waals surface area contributed by atoms with Crippen LogP contribution in [0.5, 0.6) is 0 Å². The number of carbonyl (C=O) groups is 1. The largest absolute Gasteiger partial charge is 0.405 e. The van der Waals surface area contributed by atoms with Crippen molar-refractivity contribution in [2.24, 2.45) is 0 Å². The fraction of sp³-hybridized carbons (Fsp3) is 0.250. The number of nitrogens with one attached hydrogen (secondary N) is 2. The van der Waals surface area contributed by atoms with Crippen molar-refractivity contribution in [3.63, 3.8) is 0 Å². The van der Waals surface area contributed by atoms with Gasteiger partial charge < -0.3 is 10.6 Å². The van der Waals surface area contributed by atoms with Crippen molar-refractivity contribution >= 4 is 11.7 Å². The summed E-state index contributed by atoms with van der Waals surface area (Å²) in [5, 5.41) is 4.80. The SMILES string of the molecule is O=C(Cc1cccc(F)c1)NCc1ccnc(NCC(F)(F)F)c1. The first-order valence-corrected chi connectivity index (χ1v) is 7.08. The average Bonchev–Trinajstić information content (AvgIpc) is 2.51. The Labute approximate surface area is 135 Å². The molecule has 0 aliphatic heterocycles. The van der Waals surface area contributed by atoms with Crippen molar-refractivity contribution in [2.75, 3.05) is 11.9 Å². The number of hydrogen-bond donors (Lipinski definition) is 2. The Balaban J connectivity index is 1.86. The summed E-state index contributed by atoms with van der Waals surface area (Å²) >= 11 is 0. The number of carbonyl (C=O) groups excluding carboxylic acids is 1. The lowest BCUT2D eigenvalue weighted by Gasteiger charge is -2.10. The molecule has 1 aromatic heterocycles. The molecule has 2 aromatic rings. The summed E-state index contributed by atoms with van der Waals surface area (Å²) in [6.45, 7) is -1.05. The van der Waals surface area contributed by atoms with Crippen LogP contribution in [0.3, 0.4) is 0 Å². The molecule has 0 fully saturated rings. The third kappa shape index (κ3) is 6.23. The van der Waals surface area contributed by atoms with Crippen molar-refractivity contribution in [3.05, 3.63) is 59.5 Å². The van der Waals surface area contributed by atoms with Crippen LogP contribution < -0.4 is 10.6 Å². The first-order valence-electron chi connectivity index (χ1n) is 7.08. The molecular weight excluding hydrogens is 326 g/mol. The summed E-state index contributed by atoms with van der Waals surface area (Å²) in [4.78, 5) is 15.6. The van der Waals surface area contributed by atoms with Crippen LogP contribution in [0, 0.1) is 5.82 Å². The summed E-state index contributed by atoms with van der Waals surface area (Å²) in [6.07, 6.45) is -2.97. The minimum Gasteiger partial charge on any atom is -0.361 e. The summed E-state index contributed by atoms with van der Waals surface area (Å²) in [5.41, 5.74) is 1.14. The molecule has 2 N–H and O–H groups in total. The Morgan fingerprint density at radius 3 is 2.62 bits per heavy atom. The normalized spacial score (nSPS) is 11.2. The van der Waals surface area contributed by atoms with Gasteiger partial charge in [-0.05, 0) is 35.4 Å². The lowest BCUT2D eigenvalue weighted by Crippen LogP contribution is -2.25. The number of alkyl halides is 3. The van der Waals surface area contributed by atoms with Gasteiger partial charge in [0.15, 0.2) is 0 Å². The van der Waals surface area contributed by atoms with Crippen LogP contribution in [0.25, 0.3) is 0 Å². The molecule has 0 unspecified atom stereocenters. The van der Waals surface area contributed by atoms with E-state index in [1.54, 1.807) is 12.1 Å². The van der Waals surface area contributed by atoms with Gasteiger partial charge in [0, 0.05) is 12.7 Å². The predicted molar refractivity (Wildman–Crippen MR) is 80.7 cm³/mol. The van der Waals surface area contributed by atoms with Crippen LogP contribution >= 0.6 is 0 Å². The molecule has 0 saturated heterocycles. The van der Waals surface area contributed by atoms with Crippen molar-refractivity contribution in [3.8, 4) is 0 Å². The maximum Gasteiger partial charge on any atom is 0.405 e. The third-order valence-electron chi connectivity index (χ3n) is 3.04. The molecule has 0 aliphatic carbocycles. The minimum atomic E-state index is -4.34. The van der Waals surface area contributed by atoms with Crippen LogP contribution in [0.2, 0.25) is 0 Å².